The maximum atomic E-state index is 5.76. The quantitative estimate of drug-likeness (QED) is 0.856. The highest BCUT2D eigenvalue weighted by Gasteiger charge is 2.19. The van der Waals surface area contributed by atoms with Gasteiger partial charge in [-0.1, -0.05) is 0 Å². The third-order valence-electron chi connectivity index (χ3n) is 2.92. The number of aromatic nitrogens is 3. The van der Waals surface area contributed by atoms with E-state index in [9.17, 15) is 0 Å². The van der Waals surface area contributed by atoms with Gasteiger partial charge in [-0.25, -0.2) is 9.50 Å². The van der Waals surface area contributed by atoms with Crippen molar-refractivity contribution in [1.82, 2.24) is 19.9 Å². The summed E-state index contributed by atoms with van der Waals surface area (Å²) in [7, 11) is 0. The summed E-state index contributed by atoms with van der Waals surface area (Å²) in [5.74, 6) is 0.594. The second kappa shape index (κ2) is 4.91. The number of hydrogen-bond acceptors (Lipinski definition) is 5. The second-order valence-electron chi connectivity index (χ2n) is 4.43. The molecule has 0 amide bonds. The topological polar surface area (TPSA) is 60.7 Å². The van der Waals surface area contributed by atoms with Crippen LogP contribution in [-0.2, 0) is 4.74 Å². The van der Waals surface area contributed by atoms with Crippen LogP contribution in [0.2, 0.25) is 0 Å². The smallest absolute Gasteiger partial charge is 0.240 e. The summed E-state index contributed by atoms with van der Waals surface area (Å²) in [6.45, 7) is 4.25. The molecule has 96 valence electrons. The predicted octanol–water partition coefficient (Wildman–Crippen LogP) is 0.485. The molecule has 1 aliphatic rings. The van der Waals surface area contributed by atoms with Gasteiger partial charge >= 0.3 is 0 Å². The molecule has 18 heavy (non-hydrogen) atoms. The van der Waals surface area contributed by atoms with E-state index >= 15 is 0 Å². The van der Waals surface area contributed by atoms with Crippen molar-refractivity contribution in [2.75, 3.05) is 19.7 Å². The van der Waals surface area contributed by atoms with E-state index in [1.165, 1.54) is 0 Å². The first-order valence-electron chi connectivity index (χ1n) is 6.10. The van der Waals surface area contributed by atoms with Gasteiger partial charge in [-0.2, -0.15) is 5.10 Å². The van der Waals surface area contributed by atoms with E-state index in [1.807, 2.05) is 6.07 Å². The molecular formula is C12H16N4O2. The van der Waals surface area contributed by atoms with E-state index in [0.29, 0.717) is 12.5 Å². The Morgan fingerprint density at radius 3 is 3.33 bits per heavy atom. The minimum absolute atomic E-state index is 0.0683. The van der Waals surface area contributed by atoms with E-state index in [0.717, 1.165) is 18.6 Å². The van der Waals surface area contributed by atoms with Gasteiger partial charge in [0.2, 0.25) is 5.88 Å². The molecule has 0 spiro atoms. The minimum Gasteiger partial charge on any atom is -0.473 e. The van der Waals surface area contributed by atoms with Crippen molar-refractivity contribution in [2.45, 2.75) is 19.1 Å². The van der Waals surface area contributed by atoms with Crippen LogP contribution in [0, 0.1) is 0 Å². The molecule has 1 aliphatic heterocycles. The fourth-order valence-corrected chi connectivity index (χ4v) is 2.09. The zero-order valence-electron chi connectivity index (χ0n) is 10.2. The van der Waals surface area contributed by atoms with Crippen LogP contribution < -0.4 is 10.1 Å². The van der Waals surface area contributed by atoms with Gasteiger partial charge in [-0.3, -0.25) is 0 Å². The zero-order valence-corrected chi connectivity index (χ0v) is 10.2. The Balaban J connectivity index is 1.67. The fourth-order valence-electron chi connectivity index (χ4n) is 2.09. The second-order valence-corrected chi connectivity index (χ2v) is 4.43. The molecule has 2 aromatic rings. The van der Waals surface area contributed by atoms with Gasteiger partial charge in [-0.15, -0.1) is 0 Å². The van der Waals surface area contributed by atoms with Gasteiger partial charge < -0.3 is 14.8 Å². The molecule has 2 unspecified atom stereocenters. The van der Waals surface area contributed by atoms with Crippen LogP contribution in [0.4, 0.5) is 0 Å². The molecule has 3 rings (SSSR count). The molecular weight excluding hydrogens is 232 g/mol. The number of nitrogens with zero attached hydrogens (tertiary/aromatic N) is 3. The van der Waals surface area contributed by atoms with E-state index < -0.39 is 0 Å². The van der Waals surface area contributed by atoms with Crippen molar-refractivity contribution in [3.63, 3.8) is 0 Å². The normalized spacial score (nSPS) is 24.3. The number of nitrogens with one attached hydrogen (secondary N) is 1. The summed E-state index contributed by atoms with van der Waals surface area (Å²) in [4.78, 5) is 4.22. The maximum absolute atomic E-state index is 5.76. The van der Waals surface area contributed by atoms with Crippen LogP contribution in [0.1, 0.15) is 6.92 Å². The van der Waals surface area contributed by atoms with E-state index in [1.54, 1.807) is 23.1 Å². The number of hydrogen-bond donors (Lipinski definition) is 1. The third-order valence-corrected chi connectivity index (χ3v) is 2.92. The van der Waals surface area contributed by atoms with Gasteiger partial charge in [0.05, 0.1) is 12.3 Å². The molecule has 0 saturated carbocycles. The Morgan fingerprint density at radius 1 is 1.50 bits per heavy atom. The lowest BCUT2D eigenvalue weighted by molar-refractivity contribution is -0.0474. The van der Waals surface area contributed by atoms with Gasteiger partial charge in [0.1, 0.15) is 18.2 Å². The Hall–Kier alpha value is -1.66. The molecule has 0 radical (unpaired) electrons. The van der Waals surface area contributed by atoms with Gasteiger partial charge in [-0.05, 0) is 13.0 Å². The molecule has 2 atom stereocenters. The molecule has 3 heterocycles. The van der Waals surface area contributed by atoms with Crippen LogP contribution in [0.3, 0.4) is 0 Å². The molecule has 0 aromatic carbocycles. The highest BCUT2D eigenvalue weighted by molar-refractivity contribution is 5.54. The summed E-state index contributed by atoms with van der Waals surface area (Å²) < 4.78 is 13.2. The van der Waals surface area contributed by atoms with E-state index in [-0.39, 0.29) is 12.2 Å². The third kappa shape index (κ3) is 2.30. The van der Waals surface area contributed by atoms with Gasteiger partial charge in [0.25, 0.3) is 0 Å². The average Bonchev–Trinajstić information content (AvgIpc) is 2.85. The number of morpholine rings is 1. The molecule has 2 aromatic heterocycles. The molecule has 6 heteroatoms. The van der Waals surface area contributed by atoms with Crippen LogP contribution in [-0.4, -0.2) is 46.5 Å². The Morgan fingerprint density at radius 2 is 2.44 bits per heavy atom. The van der Waals surface area contributed by atoms with Crippen LogP contribution in [0.25, 0.3) is 5.52 Å². The highest BCUT2D eigenvalue weighted by Crippen LogP contribution is 2.16. The minimum atomic E-state index is 0.0683. The Bertz CT molecular complexity index is 528. The first-order valence-corrected chi connectivity index (χ1v) is 6.10. The highest BCUT2D eigenvalue weighted by atomic mass is 16.5. The Labute approximate surface area is 105 Å². The van der Waals surface area contributed by atoms with Crippen molar-refractivity contribution < 1.29 is 9.47 Å². The lowest BCUT2D eigenvalue weighted by Gasteiger charge is -2.28. The lowest BCUT2D eigenvalue weighted by Crippen LogP contribution is -2.45. The first-order chi connectivity index (χ1) is 8.83. The largest absolute Gasteiger partial charge is 0.473 e. The summed E-state index contributed by atoms with van der Waals surface area (Å²) >= 11 is 0. The standard InChI is InChI=1S/C12H16N4O2/c1-9-6-13-7-10(18-9)8-17-12-11-2-3-15-16(11)5-4-14-12/h2-5,9-10,13H,6-8H2,1H3. The van der Waals surface area contributed by atoms with Gasteiger partial charge in [0, 0.05) is 25.5 Å². The average molecular weight is 248 g/mol. The molecule has 0 aliphatic carbocycles. The summed E-state index contributed by atoms with van der Waals surface area (Å²) in [5, 5.41) is 7.45. The summed E-state index contributed by atoms with van der Waals surface area (Å²) in [6.07, 6.45) is 5.50. The Kier molecular flexibility index (Phi) is 3.12. The zero-order chi connectivity index (χ0) is 12.4. The van der Waals surface area contributed by atoms with Crippen molar-refractivity contribution >= 4 is 5.52 Å². The molecule has 0 bridgehead atoms. The molecule has 1 saturated heterocycles. The SMILES string of the molecule is CC1CNCC(COc2nccn3nccc23)O1. The van der Waals surface area contributed by atoms with Crippen LogP contribution >= 0.6 is 0 Å². The lowest BCUT2D eigenvalue weighted by atomic mass is 10.2. The van der Waals surface area contributed by atoms with Crippen molar-refractivity contribution in [3.8, 4) is 5.88 Å². The monoisotopic (exact) mass is 248 g/mol. The summed E-state index contributed by atoms with van der Waals surface area (Å²) in [5.41, 5.74) is 0.870. The number of rotatable bonds is 3. The first kappa shape index (κ1) is 11.4. The summed E-state index contributed by atoms with van der Waals surface area (Å²) in [6, 6.07) is 1.88. The molecule has 6 nitrogen and oxygen atoms in total. The van der Waals surface area contributed by atoms with Crippen LogP contribution in [0.15, 0.2) is 24.7 Å². The molecule has 1 N–H and O–H groups in total. The number of ether oxygens (including phenoxy) is 2. The van der Waals surface area contributed by atoms with Crippen molar-refractivity contribution in [2.24, 2.45) is 0 Å². The number of fused-ring (bicyclic) bond motifs is 1. The molecule has 1 fully saturated rings. The van der Waals surface area contributed by atoms with E-state index in [4.69, 9.17) is 9.47 Å². The van der Waals surface area contributed by atoms with Gasteiger partial charge in [0.15, 0.2) is 0 Å². The fraction of sp³-hybridized carbons (Fsp3) is 0.500. The van der Waals surface area contributed by atoms with E-state index in [2.05, 4.69) is 22.3 Å². The van der Waals surface area contributed by atoms with Crippen molar-refractivity contribution in [1.29, 1.82) is 0 Å². The van der Waals surface area contributed by atoms with Crippen LogP contribution in [0.5, 0.6) is 5.88 Å². The maximum Gasteiger partial charge on any atom is 0.240 e. The van der Waals surface area contributed by atoms with Crippen molar-refractivity contribution in [3.05, 3.63) is 24.7 Å². The predicted molar refractivity (Wildman–Crippen MR) is 65.7 cm³/mol.